The molecule has 32 heavy (non-hydrogen) atoms. The number of carbonyl (C=O) groups is 2. The number of aromatic nitrogens is 3. The van der Waals surface area contributed by atoms with Gasteiger partial charge in [-0.3, -0.25) is 14.3 Å². The van der Waals surface area contributed by atoms with Crippen LogP contribution >= 0.6 is 0 Å². The van der Waals surface area contributed by atoms with Gasteiger partial charge in [0.1, 0.15) is 6.33 Å². The molecule has 7 heteroatoms. The third-order valence-corrected chi connectivity index (χ3v) is 5.62. The molecule has 0 spiro atoms. The molecule has 1 N–H and O–H groups in total. The van der Waals surface area contributed by atoms with Gasteiger partial charge in [-0.05, 0) is 55.7 Å². The molecule has 2 heterocycles. The van der Waals surface area contributed by atoms with Crippen LogP contribution in [0.5, 0.6) is 0 Å². The Morgan fingerprint density at radius 2 is 1.81 bits per heavy atom. The zero-order chi connectivity index (χ0) is 22.8. The van der Waals surface area contributed by atoms with Crippen molar-refractivity contribution < 1.29 is 9.59 Å². The summed E-state index contributed by atoms with van der Waals surface area (Å²) in [6.07, 6.45) is 1.72. The highest BCUT2D eigenvalue weighted by Crippen LogP contribution is 2.40. The summed E-state index contributed by atoms with van der Waals surface area (Å²) >= 11 is 0. The molecule has 0 radical (unpaired) electrons. The second-order valence-electron chi connectivity index (χ2n) is 8.89. The fourth-order valence-electron chi connectivity index (χ4n) is 3.85. The Balaban J connectivity index is 1.72. The fourth-order valence-corrected chi connectivity index (χ4v) is 3.85. The van der Waals surface area contributed by atoms with Crippen LogP contribution in [0.3, 0.4) is 0 Å². The Morgan fingerprint density at radius 1 is 1.06 bits per heavy atom. The van der Waals surface area contributed by atoms with Crippen molar-refractivity contribution in [2.45, 2.75) is 39.7 Å². The summed E-state index contributed by atoms with van der Waals surface area (Å²) in [4.78, 5) is 32.3. The monoisotopic (exact) mass is 431 g/mol. The highest BCUT2D eigenvalue weighted by Gasteiger charge is 2.36. The maximum Gasteiger partial charge on any atom is 0.258 e. The van der Waals surface area contributed by atoms with Crippen LogP contribution in [0.25, 0.3) is 0 Å². The van der Waals surface area contributed by atoms with E-state index in [0.717, 1.165) is 11.3 Å². The second kappa shape index (κ2) is 8.94. The summed E-state index contributed by atoms with van der Waals surface area (Å²) in [7, 11) is 0. The Bertz CT molecular complexity index is 1120. The molecule has 0 bridgehead atoms. The minimum absolute atomic E-state index is 0.0744. The van der Waals surface area contributed by atoms with E-state index in [1.807, 2.05) is 61.0 Å². The van der Waals surface area contributed by atoms with Gasteiger partial charge in [0.05, 0.1) is 5.92 Å². The number of nitrogens with one attached hydrogen (secondary N) is 1. The molecule has 4 rings (SSSR count). The van der Waals surface area contributed by atoms with Gasteiger partial charge in [0.2, 0.25) is 0 Å². The number of anilines is 1. The lowest BCUT2D eigenvalue weighted by Crippen LogP contribution is -2.30. The van der Waals surface area contributed by atoms with Crippen LogP contribution in [0.1, 0.15) is 71.8 Å². The molecule has 7 nitrogen and oxygen atoms in total. The molecular formula is C25H29N5O2. The summed E-state index contributed by atoms with van der Waals surface area (Å²) in [6.45, 7) is 9.25. The summed E-state index contributed by atoms with van der Waals surface area (Å²) in [6, 6.07) is 14.9. The van der Waals surface area contributed by atoms with Crippen LogP contribution in [-0.2, 0) is 0 Å². The predicted molar refractivity (Wildman–Crippen MR) is 124 cm³/mol. The molecule has 1 aliphatic heterocycles. The van der Waals surface area contributed by atoms with Crippen molar-refractivity contribution in [1.29, 1.82) is 0 Å². The van der Waals surface area contributed by atoms with Crippen molar-refractivity contribution in [1.82, 2.24) is 20.1 Å². The number of hydrogen-bond donors (Lipinski definition) is 1. The molecule has 1 atom stereocenters. The number of rotatable bonds is 6. The van der Waals surface area contributed by atoms with Crippen LogP contribution in [-0.4, -0.2) is 39.7 Å². The van der Waals surface area contributed by atoms with Gasteiger partial charge in [-0.15, -0.1) is 0 Å². The molecule has 0 unspecified atom stereocenters. The Hall–Kier alpha value is -3.48. The van der Waals surface area contributed by atoms with Crippen molar-refractivity contribution in [3.63, 3.8) is 0 Å². The van der Waals surface area contributed by atoms with Gasteiger partial charge in [0.25, 0.3) is 11.8 Å². The Labute approximate surface area is 188 Å². The third kappa shape index (κ3) is 4.28. The Kier molecular flexibility index (Phi) is 6.08. The second-order valence-corrected chi connectivity index (χ2v) is 8.89. The first-order chi connectivity index (χ1) is 15.3. The molecule has 0 saturated carbocycles. The van der Waals surface area contributed by atoms with E-state index >= 15 is 0 Å². The van der Waals surface area contributed by atoms with Gasteiger partial charge in [-0.1, -0.05) is 32.0 Å². The first-order valence-electron chi connectivity index (χ1n) is 11.0. The van der Waals surface area contributed by atoms with E-state index in [9.17, 15) is 9.59 Å². The lowest BCUT2D eigenvalue weighted by Gasteiger charge is -2.18. The van der Waals surface area contributed by atoms with Gasteiger partial charge < -0.3 is 10.2 Å². The van der Waals surface area contributed by atoms with E-state index in [4.69, 9.17) is 0 Å². The largest absolute Gasteiger partial charge is 0.352 e. The molecule has 1 aromatic heterocycles. The van der Waals surface area contributed by atoms with Crippen molar-refractivity contribution in [2.75, 3.05) is 18.0 Å². The summed E-state index contributed by atoms with van der Waals surface area (Å²) < 4.78 is 1.82. The van der Waals surface area contributed by atoms with E-state index in [1.54, 1.807) is 17.3 Å². The van der Waals surface area contributed by atoms with E-state index in [0.29, 0.717) is 36.0 Å². The molecule has 166 valence electrons. The number of benzene rings is 2. The normalized spacial score (nSPS) is 15.3. The molecule has 0 aliphatic carbocycles. The fraction of sp³-hybridized carbons (Fsp3) is 0.360. The third-order valence-electron chi connectivity index (χ3n) is 5.62. The maximum atomic E-state index is 13.3. The lowest BCUT2D eigenvalue weighted by molar-refractivity contribution is 0.0947. The molecule has 2 amide bonds. The average molecular weight is 432 g/mol. The summed E-state index contributed by atoms with van der Waals surface area (Å²) in [5.41, 5.74) is 2.89. The highest BCUT2D eigenvalue weighted by molar-refractivity contribution is 6.08. The van der Waals surface area contributed by atoms with Gasteiger partial charge in [0, 0.05) is 35.9 Å². The predicted octanol–water partition coefficient (Wildman–Crippen LogP) is 4.04. The van der Waals surface area contributed by atoms with E-state index in [1.165, 1.54) is 0 Å². The van der Waals surface area contributed by atoms with E-state index < -0.39 is 0 Å². The number of amides is 2. The molecular weight excluding hydrogens is 402 g/mol. The molecule has 2 aromatic carbocycles. The topological polar surface area (TPSA) is 80.1 Å². The van der Waals surface area contributed by atoms with Gasteiger partial charge >= 0.3 is 0 Å². The molecule has 0 fully saturated rings. The van der Waals surface area contributed by atoms with E-state index in [2.05, 4.69) is 29.2 Å². The standard InChI is InChI=1S/C25H29N5O2/c1-16(2)13-26-24(31)19-10-11-22-20(12-19)21(23-27-15-30(28-23)17(3)4)14-29(22)25(32)18-8-6-5-7-9-18/h5-12,15-17,21H,13-14H2,1-4H3,(H,26,31)/t21-/m1/s1. The quantitative estimate of drug-likeness (QED) is 0.639. The zero-order valence-corrected chi connectivity index (χ0v) is 18.9. The van der Waals surface area contributed by atoms with Crippen LogP contribution in [0.2, 0.25) is 0 Å². The van der Waals surface area contributed by atoms with Crippen LogP contribution in [0.15, 0.2) is 54.9 Å². The van der Waals surface area contributed by atoms with Crippen LogP contribution < -0.4 is 10.2 Å². The number of carbonyl (C=O) groups excluding carboxylic acids is 2. The molecule has 3 aromatic rings. The lowest BCUT2D eigenvalue weighted by atomic mass is 9.98. The Morgan fingerprint density at radius 3 is 2.47 bits per heavy atom. The summed E-state index contributed by atoms with van der Waals surface area (Å²) in [5.74, 6) is 0.631. The average Bonchev–Trinajstić information content (AvgIpc) is 3.42. The number of nitrogens with zero attached hydrogens (tertiary/aromatic N) is 4. The number of hydrogen-bond acceptors (Lipinski definition) is 4. The zero-order valence-electron chi connectivity index (χ0n) is 18.9. The SMILES string of the molecule is CC(C)CNC(=O)c1ccc2c(c1)[C@H](c1ncn(C(C)C)n1)CN2C(=O)c1ccccc1. The first-order valence-corrected chi connectivity index (χ1v) is 11.0. The molecule has 0 saturated heterocycles. The number of fused-ring (bicyclic) bond motifs is 1. The minimum atomic E-state index is -0.199. The van der Waals surface area contributed by atoms with Crippen molar-refractivity contribution in [2.24, 2.45) is 5.92 Å². The van der Waals surface area contributed by atoms with Crippen molar-refractivity contribution >= 4 is 17.5 Å². The van der Waals surface area contributed by atoms with Gasteiger partial charge in [-0.2, -0.15) is 5.10 Å². The van der Waals surface area contributed by atoms with Gasteiger partial charge in [0.15, 0.2) is 5.82 Å². The smallest absolute Gasteiger partial charge is 0.258 e. The van der Waals surface area contributed by atoms with Crippen LogP contribution in [0, 0.1) is 5.92 Å². The summed E-state index contributed by atoms with van der Waals surface area (Å²) in [5, 5.41) is 7.63. The minimum Gasteiger partial charge on any atom is -0.352 e. The highest BCUT2D eigenvalue weighted by atomic mass is 16.2. The van der Waals surface area contributed by atoms with Gasteiger partial charge in [-0.25, -0.2) is 4.98 Å². The van der Waals surface area contributed by atoms with E-state index in [-0.39, 0.29) is 23.8 Å². The maximum absolute atomic E-state index is 13.3. The first kappa shape index (κ1) is 21.7. The molecule has 1 aliphatic rings. The van der Waals surface area contributed by atoms with Crippen molar-refractivity contribution in [3.05, 3.63) is 77.4 Å². The van der Waals surface area contributed by atoms with Crippen LogP contribution in [0.4, 0.5) is 5.69 Å². The van der Waals surface area contributed by atoms with Crippen molar-refractivity contribution in [3.8, 4) is 0 Å².